The average molecular weight is 219 g/mol. The van der Waals surface area contributed by atoms with Crippen molar-refractivity contribution >= 4 is 7.52 Å². The van der Waals surface area contributed by atoms with Crippen LogP contribution in [0.3, 0.4) is 0 Å². The fraction of sp³-hybridized carbons (Fsp3) is 0.778. The third-order valence-corrected chi connectivity index (χ3v) is 4.91. The highest BCUT2D eigenvalue weighted by Gasteiger charge is 2.39. The summed E-state index contributed by atoms with van der Waals surface area (Å²) in [4.78, 5) is 0. The van der Waals surface area contributed by atoms with E-state index in [0.717, 1.165) is 6.42 Å². The highest BCUT2D eigenvalue weighted by atomic mass is 31.2. The number of rotatable bonds is 3. The van der Waals surface area contributed by atoms with E-state index in [2.05, 4.69) is 11.7 Å². The highest BCUT2D eigenvalue weighted by molar-refractivity contribution is 7.57. The van der Waals surface area contributed by atoms with Gasteiger partial charge in [0.25, 0.3) is 7.52 Å². The van der Waals surface area contributed by atoms with Crippen LogP contribution in [-0.2, 0) is 9.09 Å². The van der Waals surface area contributed by atoms with E-state index in [1.165, 1.54) is 0 Å². The van der Waals surface area contributed by atoms with Gasteiger partial charge >= 0.3 is 0 Å². The van der Waals surface area contributed by atoms with Gasteiger partial charge in [0.05, 0.1) is 6.10 Å². The lowest BCUT2D eigenvalue weighted by atomic mass is 10.2. The molecule has 0 saturated carbocycles. The first-order valence-electron chi connectivity index (χ1n) is 4.83. The summed E-state index contributed by atoms with van der Waals surface area (Å²) in [5, 5.41) is 12.6. The summed E-state index contributed by atoms with van der Waals surface area (Å²) < 4.78 is 17.4. The second kappa shape index (κ2) is 4.58. The first kappa shape index (κ1) is 11.9. The van der Waals surface area contributed by atoms with Crippen molar-refractivity contribution < 1.29 is 14.2 Å². The number of aliphatic hydroxyl groups is 1. The molecule has 0 aliphatic carbocycles. The van der Waals surface area contributed by atoms with Crippen LogP contribution in [0.4, 0.5) is 0 Å². The first-order chi connectivity index (χ1) is 6.49. The average Bonchev–Trinajstić information content (AvgIpc) is 2.15. The molecule has 0 unspecified atom stereocenters. The first-order valence-corrected chi connectivity index (χ1v) is 6.53. The summed E-state index contributed by atoms with van der Waals surface area (Å²) >= 11 is 0. The lowest BCUT2D eigenvalue weighted by Gasteiger charge is -2.33. The summed E-state index contributed by atoms with van der Waals surface area (Å²) in [7, 11) is -3.10. The van der Waals surface area contributed by atoms with E-state index in [1.54, 1.807) is 13.0 Å². The third kappa shape index (κ3) is 2.45. The van der Waals surface area contributed by atoms with Crippen molar-refractivity contribution in [3.63, 3.8) is 0 Å². The highest BCUT2D eigenvalue weighted by Crippen LogP contribution is 2.52. The van der Waals surface area contributed by atoms with Gasteiger partial charge in [-0.3, -0.25) is 4.57 Å². The fourth-order valence-electron chi connectivity index (χ4n) is 1.37. The Hall–Kier alpha value is -0.150. The molecule has 1 rings (SSSR count). The Labute approximate surface area is 84.9 Å². The molecule has 0 aromatic heterocycles. The Bertz CT molecular complexity index is 256. The van der Waals surface area contributed by atoms with Gasteiger partial charge in [-0.25, -0.2) is 5.09 Å². The van der Waals surface area contributed by atoms with Gasteiger partial charge in [0.2, 0.25) is 0 Å². The van der Waals surface area contributed by atoms with Crippen LogP contribution >= 0.6 is 7.52 Å². The van der Waals surface area contributed by atoms with Crippen LogP contribution in [0.25, 0.3) is 0 Å². The lowest BCUT2D eigenvalue weighted by molar-refractivity contribution is 0.133. The van der Waals surface area contributed by atoms with Gasteiger partial charge in [-0.1, -0.05) is 13.0 Å². The van der Waals surface area contributed by atoms with Crippen LogP contribution < -0.4 is 5.09 Å². The van der Waals surface area contributed by atoms with Gasteiger partial charge in [0, 0.05) is 12.5 Å². The number of nitrogens with one attached hydrogen (secondary N) is 1. The number of hydrogen-bond acceptors (Lipinski definition) is 3. The maximum absolute atomic E-state index is 12.1. The van der Waals surface area contributed by atoms with Crippen molar-refractivity contribution in [1.29, 1.82) is 0 Å². The summed E-state index contributed by atoms with van der Waals surface area (Å²) in [5.74, 6) is -1.23. The summed E-state index contributed by atoms with van der Waals surface area (Å²) in [6.07, 6.45) is 2.34. The molecule has 0 aromatic rings. The Balaban J connectivity index is 2.72. The monoisotopic (exact) mass is 219 g/mol. The van der Waals surface area contributed by atoms with Crippen LogP contribution in [0.1, 0.15) is 20.3 Å². The second-order valence-corrected chi connectivity index (χ2v) is 5.97. The Morgan fingerprint density at radius 3 is 2.93 bits per heavy atom. The maximum Gasteiger partial charge on any atom is 0.298 e. The summed E-state index contributed by atoms with van der Waals surface area (Å²) in [6, 6.07) is 0. The molecule has 0 spiro atoms. The van der Waals surface area contributed by atoms with Gasteiger partial charge in [-0.2, -0.15) is 0 Å². The second-order valence-electron chi connectivity index (χ2n) is 3.72. The fourth-order valence-corrected chi connectivity index (χ4v) is 3.58. The summed E-state index contributed by atoms with van der Waals surface area (Å²) in [5.41, 5.74) is 0. The molecule has 0 bridgehead atoms. The maximum atomic E-state index is 12.1. The molecule has 0 amide bonds. The zero-order chi connectivity index (χ0) is 10.8. The minimum atomic E-state index is -3.10. The molecule has 5 heteroatoms. The predicted molar refractivity (Wildman–Crippen MR) is 56.1 cm³/mol. The Morgan fingerprint density at radius 1 is 1.79 bits per heavy atom. The van der Waals surface area contributed by atoms with Crippen LogP contribution in [-0.4, -0.2) is 23.6 Å². The smallest absolute Gasteiger partial charge is 0.298 e. The van der Waals surface area contributed by atoms with E-state index in [9.17, 15) is 9.67 Å². The molecular formula is C9H18NO3P. The van der Waals surface area contributed by atoms with E-state index >= 15 is 0 Å². The molecule has 1 fully saturated rings. The molecule has 14 heavy (non-hydrogen) atoms. The largest absolute Gasteiger partial charge is 0.381 e. The van der Waals surface area contributed by atoms with Gasteiger partial charge < -0.3 is 9.63 Å². The van der Waals surface area contributed by atoms with Gasteiger partial charge in [-0.05, 0) is 13.3 Å². The van der Waals surface area contributed by atoms with Crippen molar-refractivity contribution in [2.75, 3.05) is 6.54 Å². The van der Waals surface area contributed by atoms with Gasteiger partial charge in [-0.15, -0.1) is 6.58 Å². The van der Waals surface area contributed by atoms with Crippen LogP contribution in [0.2, 0.25) is 0 Å². The molecule has 0 aromatic carbocycles. The molecule has 4 nitrogen and oxygen atoms in total. The molecular weight excluding hydrogens is 201 g/mol. The quantitative estimate of drug-likeness (QED) is 0.560. The summed E-state index contributed by atoms with van der Waals surface area (Å²) in [6.45, 7) is 7.81. The lowest BCUT2D eigenvalue weighted by Crippen LogP contribution is -2.34. The topological polar surface area (TPSA) is 58.6 Å². The minimum Gasteiger partial charge on any atom is -0.381 e. The molecule has 0 radical (unpaired) electrons. The molecule has 1 heterocycles. The SMILES string of the molecule is C=C[C@H](C)[C@H](O)[P@@]1(=O)NCC[C@H](C)O1. The molecule has 82 valence electrons. The van der Waals surface area contributed by atoms with Crippen molar-refractivity contribution in [2.45, 2.75) is 32.2 Å². The molecule has 4 atom stereocenters. The molecule has 1 saturated heterocycles. The van der Waals surface area contributed by atoms with Crippen molar-refractivity contribution in [2.24, 2.45) is 5.92 Å². The molecule has 1 aliphatic rings. The normalized spacial score (nSPS) is 37.5. The van der Waals surface area contributed by atoms with Crippen LogP contribution in [0, 0.1) is 5.92 Å². The standard InChI is InChI=1S/C9H18NO3P/c1-4-7(2)9(11)14(12)10-6-5-8(3)13-14/h4,7-9,11H,1,5-6H2,2-3H3,(H,10,12)/t7-,8-,9+,14-/m0/s1. The van der Waals surface area contributed by atoms with Crippen LogP contribution in [0.15, 0.2) is 12.7 Å². The van der Waals surface area contributed by atoms with Crippen molar-refractivity contribution in [3.8, 4) is 0 Å². The zero-order valence-electron chi connectivity index (χ0n) is 8.64. The van der Waals surface area contributed by atoms with E-state index in [-0.39, 0.29) is 12.0 Å². The number of aliphatic hydroxyl groups excluding tert-OH is 1. The van der Waals surface area contributed by atoms with Crippen molar-refractivity contribution in [3.05, 3.63) is 12.7 Å². The van der Waals surface area contributed by atoms with Crippen molar-refractivity contribution in [1.82, 2.24) is 5.09 Å². The van der Waals surface area contributed by atoms with Crippen LogP contribution in [0.5, 0.6) is 0 Å². The van der Waals surface area contributed by atoms with Gasteiger partial charge in [0.15, 0.2) is 0 Å². The number of hydrogen-bond donors (Lipinski definition) is 2. The van der Waals surface area contributed by atoms with Gasteiger partial charge in [0.1, 0.15) is 5.85 Å². The zero-order valence-corrected chi connectivity index (χ0v) is 9.54. The molecule has 1 aliphatic heterocycles. The van der Waals surface area contributed by atoms with E-state index in [1.807, 2.05) is 6.92 Å². The minimum absolute atomic E-state index is 0.0613. The van der Waals surface area contributed by atoms with E-state index < -0.39 is 13.4 Å². The third-order valence-electron chi connectivity index (χ3n) is 2.41. The Kier molecular flexibility index (Phi) is 3.90. The predicted octanol–water partition coefficient (Wildman–Crippen LogP) is 1.72. The van der Waals surface area contributed by atoms with E-state index in [0.29, 0.717) is 6.54 Å². The van der Waals surface area contributed by atoms with E-state index in [4.69, 9.17) is 4.52 Å². The Morgan fingerprint density at radius 2 is 2.43 bits per heavy atom. The molecule has 2 N–H and O–H groups in total.